The van der Waals surface area contributed by atoms with Gasteiger partial charge in [0.1, 0.15) is 0 Å². The summed E-state index contributed by atoms with van der Waals surface area (Å²) in [5.41, 5.74) is 2.31. The summed E-state index contributed by atoms with van der Waals surface area (Å²) in [6.07, 6.45) is 2.74. The normalized spacial score (nSPS) is 10.6. The zero-order valence-corrected chi connectivity index (χ0v) is 11.6. The first-order chi connectivity index (χ1) is 9.22. The van der Waals surface area contributed by atoms with Crippen molar-refractivity contribution in [3.8, 4) is 5.88 Å². The lowest BCUT2D eigenvalue weighted by Gasteiger charge is -2.11. The molecule has 0 aliphatic heterocycles. The van der Waals surface area contributed by atoms with Gasteiger partial charge in [0, 0.05) is 24.5 Å². The number of nitrogens with one attached hydrogen (secondary N) is 1. The Bertz CT molecular complexity index is 578. The van der Waals surface area contributed by atoms with Crippen LogP contribution in [-0.4, -0.2) is 18.6 Å². The predicted molar refractivity (Wildman–Crippen MR) is 79.4 cm³/mol. The van der Waals surface area contributed by atoms with Crippen molar-refractivity contribution in [3.63, 3.8) is 0 Å². The molecule has 1 N–H and O–H groups in total. The SMILES string of the molecule is C=C(C)CCOc1ncc(CNC)c2ccccc12. The van der Waals surface area contributed by atoms with Gasteiger partial charge in [0.15, 0.2) is 0 Å². The minimum atomic E-state index is 0.623. The topological polar surface area (TPSA) is 34.1 Å². The van der Waals surface area contributed by atoms with Crippen molar-refractivity contribution >= 4 is 10.8 Å². The van der Waals surface area contributed by atoms with Gasteiger partial charge in [0.05, 0.1) is 6.61 Å². The quantitative estimate of drug-likeness (QED) is 0.805. The maximum atomic E-state index is 5.77. The summed E-state index contributed by atoms with van der Waals surface area (Å²) in [5.74, 6) is 0.705. The van der Waals surface area contributed by atoms with E-state index in [9.17, 15) is 0 Å². The van der Waals surface area contributed by atoms with Gasteiger partial charge in [-0.2, -0.15) is 0 Å². The van der Waals surface area contributed by atoms with Crippen LogP contribution in [0.1, 0.15) is 18.9 Å². The van der Waals surface area contributed by atoms with Gasteiger partial charge in [-0.25, -0.2) is 4.98 Å². The molecular formula is C16H20N2O. The lowest BCUT2D eigenvalue weighted by atomic mass is 10.1. The van der Waals surface area contributed by atoms with Gasteiger partial charge in [-0.1, -0.05) is 23.8 Å². The van der Waals surface area contributed by atoms with Gasteiger partial charge >= 0.3 is 0 Å². The second kappa shape index (κ2) is 6.34. The molecule has 2 rings (SSSR count). The Morgan fingerprint density at radius 2 is 2.05 bits per heavy atom. The molecule has 3 nitrogen and oxygen atoms in total. The summed E-state index contributed by atoms with van der Waals surface area (Å²) in [7, 11) is 1.94. The Balaban J connectivity index is 2.30. The Hall–Kier alpha value is -1.87. The minimum absolute atomic E-state index is 0.623. The molecule has 0 unspecified atom stereocenters. The van der Waals surface area contributed by atoms with E-state index in [0.29, 0.717) is 12.5 Å². The maximum Gasteiger partial charge on any atom is 0.221 e. The first-order valence-corrected chi connectivity index (χ1v) is 6.50. The predicted octanol–water partition coefficient (Wildman–Crippen LogP) is 3.30. The van der Waals surface area contributed by atoms with E-state index in [0.717, 1.165) is 23.9 Å². The standard InChI is InChI=1S/C16H20N2O/c1-12(2)8-9-19-16-15-7-5-4-6-14(15)13(10-17-3)11-18-16/h4-7,11,17H,1,8-10H2,2-3H3. The van der Waals surface area contributed by atoms with Crippen LogP contribution in [0.4, 0.5) is 0 Å². The Labute approximate surface area is 114 Å². The number of aromatic nitrogens is 1. The summed E-state index contributed by atoms with van der Waals surface area (Å²) in [6, 6.07) is 8.21. The van der Waals surface area contributed by atoms with Crippen LogP contribution in [0.5, 0.6) is 5.88 Å². The van der Waals surface area contributed by atoms with E-state index in [-0.39, 0.29) is 0 Å². The number of benzene rings is 1. The van der Waals surface area contributed by atoms with Gasteiger partial charge in [0.2, 0.25) is 5.88 Å². The molecule has 0 radical (unpaired) electrons. The van der Waals surface area contributed by atoms with Gasteiger partial charge in [-0.05, 0) is 31.0 Å². The van der Waals surface area contributed by atoms with E-state index in [2.05, 4.69) is 29.0 Å². The molecule has 3 heteroatoms. The fraction of sp³-hybridized carbons (Fsp3) is 0.312. The van der Waals surface area contributed by atoms with Crippen molar-refractivity contribution in [1.29, 1.82) is 0 Å². The van der Waals surface area contributed by atoms with E-state index in [1.807, 2.05) is 32.3 Å². The number of hydrogen-bond donors (Lipinski definition) is 1. The zero-order chi connectivity index (χ0) is 13.7. The average molecular weight is 256 g/mol. The molecule has 2 aromatic rings. The second-order valence-corrected chi connectivity index (χ2v) is 4.72. The van der Waals surface area contributed by atoms with E-state index in [1.165, 1.54) is 10.9 Å². The van der Waals surface area contributed by atoms with E-state index in [1.54, 1.807) is 0 Å². The van der Waals surface area contributed by atoms with Gasteiger partial charge < -0.3 is 10.1 Å². The molecule has 1 heterocycles. The Morgan fingerprint density at radius 3 is 2.74 bits per heavy atom. The number of rotatable bonds is 6. The van der Waals surface area contributed by atoms with Crippen molar-refractivity contribution in [2.75, 3.05) is 13.7 Å². The molecule has 0 amide bonds. The van der Waals surface area contributed by atoms with Crippen LogP contribution in [0.15, 0.2) is 42.6 Å². The highest BCUT2D eigenvalue weighted by Gasteiger charge is 2.07. The van der Waals surface area contributed by atoms with E-state index >= 15 is 0 Å². The highest BCUT2D eigenvalue weighted by atomic mass is 16.5. The van der Waals surface area contributed by atoms with Crippen LogP contribution >= 0.6 is 0 Å². The minimum Gasteiger partial charge on any atom is -0.477 e. The summed E-state index contributed by atoms with van der Waals surface area (Å²) in [5, 5.41) is 5.42. The number of fused-ring (bicyclic) bond motifs is 1. The monoisotopic (exact) mass is 256 g/mol. The fourth-order valence-electron chi connectivity index (χ4n) is 1.99. The first kappa shape index (κ1) is 13.6. The maximum absolute atomic E-state index is 5.77. The van der Waals surface area contributed by atoms with E-state index in [4.69, 9.17) is 4.74 Å². The van der Waals surface area contributed by atoms with Crippen LogP contribution in [0.25, 0.3) is 10.8 Å². The third-order valence-corrected chi connectivity index (χ3v) is 2.98. The molecule has 0 bridgehead atoms. The largest absolute Gasteiger partial charge is 0.477 e. The number of hydrogen-bond acceptors (Lipinski definition) is 3. The Kier molecular flexibility index (Phi) is 4.53. The molecule has 1 aromatic heterocycles. The van der Waals surface area contributed by atoms with Crippen molar-refractivity contribution in [1.82, 2.24) is 10.3 Å². The molecular weight excluding hydrogens is 236 g/mol. The molecule has 1 aromatic carbocycles. The number of nitrogens with zero attached hydrogens (tertiary/aromatic N) is 1. The fourth-order valence-corrected chi connectivity index (χ4v) is 1.99. The van der Waals surface area contributed by atoms with Crippen LogP contribution in [0.2, 0.25) is 0 Å². The van der Waals surface area contributed by atoms with Gasteiger partial charge in [-0.15, -0.1) is 6.58 Å². The lowest BCUT2D eigenvalue weighted by Crippen LogP contribution is -2.07. The number of pyridine rings is 1. The molecule has 0 spiro atoms. The van der Waals surface area contributed by atoms with Crippen molar-refractivity contribution in [2.24, 2.45) is 0 Å². The molecule has 100 valence electrons. The summed E-state index contributed by atoms with van der Waals surface area (Å²) in [6.45, 7) is 7.31. The lowest BCUT2D eigenvalue weighted by molar-refractivity contribution is 0.313. The zero-order valence-electron chi connectivity index (χ0n) is 11.6. The molecule has 0 saturated carbocycles. The van der Waals surface area contributed by atoms with E-state index < -0.39 is 0 Å². The van der Waals surface area contributed by atoms with Crippen LogP contribution in [-0.2, 0) is 6.54 Å². The Morgan fingerprint density at radius 1 is 1.32 bits per heavy atom. The van der Waals surface area contributed by atoms with Crippen molar-refractivity contribution < 1.29 is 4.74 Å². The number of ether oxygens (including phenoxy) is 1. The highest BCUT2D eigenvalue weighted by Crippen LogP contribution is 2.26. The molecule has 0 aliphatic carbocycles. The highest BCUT2D eigenvalue weighted by molar-refractivity contribution is 5.89. The van der Waals surface area contributed by atoms with Crippen molar-refractivity contribution in [3.05, 3.63) is 48.2 Å². The molecule has 0 saturated heterocycles. The van der Waals surface area contributed by atoms with Crippen LogP contribution < -0.4 is 10.1 Å². The first-order valence-electron chi connectivity index (χ1n) is 6.50. The van der Waals surface area contributed by atoms with Crippen molar-refractivity contribution in [2.45, 2.75) is 19.9 Å². The van der Waals surface area contributed by atoms with Crippen LogP contribution in [0.3, 0.4) is 0 Å². The summed E-state index contributed by atoms with van der Waals surface area (Å²) in [4.78, 5) is 4.43. The average Bonchev–Trinajstić information content (AvgIpc) is 2.41. The molecule has 0 fully saturated rings. The molecule has 19 heavy (non-hydrogen) atoms. The second-order valence-electron chi connectivity index (χ2n) is 4.72. The van der Waals surface area contributed by atoms with Gasteiger partial charge in [0.25, 0.3) is 0 Å². The third kappa shape index (κ3) is 3.32. The summed E-state index contributed by atoms with van der Waals surface area (Å²) < 4.78 is 5.77. The van der Waals surface area contributed by atoms with Crippen LogP contribution in [0, 0.1) is 0 Å². The smallest absolute Gasteiger partial charge is 0.221 e. The molecule has 0 aliphatic rings. The molecule has 0 atom stereocenters. The summed E-state index contributed by atoms with van der Waals surface area (Å²) >= 11 is 0. The third-order valence-electron chi connectivity index (χ3n) is 2.98. The van der Waals surface area contributed by atoms with Gasteiger partial charge in [-0.3, -0.25) is 0 Å².